The SMILES string of the molecule is N#Cc1cnn2c(-c3cc(Nc4cnoc4)c(-c4nnc(N5CC6CCC(C5)N6)s4)cn3)ccc2c1. The monoisotopic (exact) mass is 496 g/mol. The van der Waals surface area contributed by atoms with Crippen molar-refractivity contribution in [1.82, 2.24) is 35.3 Å². The Labute approximate surface area is 209 Å². The summed E-state index contributed by atoms with van der Waals surface area (Å²) in [7, 11) is 0. The molecule has 5 aromatic heterocycles. The number of rotatable bonds is 5. The van der Waals surface area contributed by atoms with E-state index in [1.54, 1.807) is 46.8 Å². The molecule has 0 spiro atoms. The molecule has 5 aromatic rings. The molecule has 7 heterocycles. The molecule has 2 bridgehead atoms. The van der Waals surface area contributed by atoms with Crippen molar-refractivity contribution in [3.8, 4) is 28.0 Å². The Bertz CT molecular complexity index is 1590. The van der Waals surface area contributed by atoms with E-state index in [4.69, 9.17) is 9.51 Å². The molecule has 0 amide bonds. The van der Waals surface area contributed by atoms with Crippen molar-refractivity contribution in [2.75, 3.05) is 23.3 Å². The van der Waals surface area contributed by atoms with Crippen LogP contribution in [0.15, 0.2) is 53.6 Å². The molecule has 2 aliphatic rings. The van der Waals surface area contributed by atoms with Gasteiger partial charge in [0.05, 0.1) is 51.8 Å². The third-order valence-electron chi connectivity index (χ3n) is 6.64. The standard InChI is InChI=1S/C24H20N10OS/c25-7-14-5-18-3-4-22(34(18)27-8-14)21-6-20(30-17-9-28-35-13-17)19(10-26-21)23-31-32-24(36-23)33-11-15-1-2-16(12-33)29-15/h3-6,8-10,13,15-16,29H,1-2,11-12H2,(H,26,30). The van der Waals surface area contributed by atoms with Gasteiger partial charge in [0.25, 0.3) is 0 Å². The molecule has 12 heteroatoms. The lowest BCUT2D eigenvalue weighted by molar-refractivity contribution is 0.420. The van der Waals surface area contributed by atoms with Crippen molar-refractivity contribution in [2.24, 2.45) is 0 Å². The van der Waals surface area contributed by atoms with Crippen molar-refractivity contribution in [2.45, 2.75) is 24.9 Å². The van der Waals surface area contributed by atoms with Crippen LogP contribution in [0.1, 0.15) is 18.4 Å². The Morgan fingerprint density at radius 2 is 2.00 bits per heavy atom. The molecule has 2 aliphatic heterocycles. The van der Waals surface area contributed by atoms with Gasteiger partial charge >= 0.3 is 0 Å². The Morgan fingerprint density at radius 1 is 1.11 bits per heavy atom. The van der Waals surface area contributed by atoms with Gasteiger partial charge in [0, 0.05) is 31.4 Å². The quantitative estimate of drug-likeness (QED) is 0.373. The van der Waals surface area contributed by atoms with E-state index in [0.29, 0.717) is 23.3 Å². The smallest absolute Gasteiger partial charge is 0.208 e. The van der Waals surface area contributed by atoms with Crippen molar-refractivity contribution in [3.63, 3.8) is 0 Å². The first-order valence-corrected chi connectivity index (χ1v) is 12.4. The average Bonchev–Trinajstić information content (AvgIpc) is 3.71. The van der Waals surface area contributed by atoms with Gasteiger partial charge in [-0.2, -0.15) is 10.4 Å². The number of piperazine rings is 1. The predicted molar refractivity (Wildman–Crippen MR) is 134 cm³/mol. The molecule has 2 N–H and O–H groups in total. The van der Waals surface area contributed by atoms with Crippen LogP contribution in [0.25, 0.3) is 27.5 Å². The van der Waals surface area contributed by atoms with E-state index in [1.807, 2.05) is 18.2 Å². The summed E-state index contributed by atoms with van der Waals surface area (Å²) in [5, 5.41) is 35.2. The van der Waals surface area contributed by atoms with Crippen LogP contribution in [0.3, 0.4) is 0 Å². The summed E-state index contributed by atoms with van der Waals surface area (Å²) < 4.78 is 6.79. The maximum Gasteiger partial charge on any atom is 0.208 e. The van der Waals surface area contributed by atoms with E-state index in [0.717, 1.165) is 51.4 Å². The minimum atomic E-state index is 0.509. The molecule has 0 saturated carbocycles. The largest absolute Gasteiger partial charge is 0.363 e. The van der Waals surface area contributed by atoms with Gasteiger partial charge < -0.3 is 20.1 Å². The molecule has 7 rings (SSSR count). The minimum Gasteiger partial charge on any atom is -0.363 e. The van der Waals surface area contributed by atoms with Crippen LogP contribution in [0.4, 0.5) is 16.5 Å². The molecular weight excluding hydrogens is 476 g/mol. The number of pyridine rings is 1. The van der Waals surface area contributed by atoms with Gasteiger partial charge in [0.1, 0.15) is 12.3 Å². The fourth-order valence-corrected chi connectivity index (χ4v) is 5.84. The number of nitriles is 1. The lowest BCUT2D eigenvalue weighted by Gasteiger charge is -2.32. The summed E-state index contributed by atoms with van der Waals surface area (Å²) in [5.74, 6) is 0. The van der Waals surface area contributed by atoms with Gasteiger partial charge in [0.2, 0.25) is 5.13 Å². The lowest BCUT2D eigenvalue weighted by atomic mass is 10.2. The summed E-state index contributed by atoms with van der Waals surface area (Å²) in [6.45, 7) is 1.91. The zero-order chi connectivity index (χ0) is 24.1. The van der Waals surface area contributed by atoms with Gasteiger partial charge in [0.15, 0.2) is 5.01 Å². The highest BCUT2D eigenvalue weighted by atomic mass is 32.1. The summed E-state index contributed by atoms with van der Waals surface area (Å²) in [4.78, 5) is 7.08. The van der Waals surface area contributed by atoms with Crippen molar-refractivity contribution in [1.29, 1.82) is 5.26 Å². The van der Waals surface area contributed by atoms with Crippen LogP contribution >= 0.6 is 11.3 Å². The highest BCUT2D eigenvalue weighted by Crippen LogP contribution is 2.37. The molecule has 178 valence electrons. The van der Waals surface area contributed by atoms with Crippen LogP contribution < -0.4 is 15.5 Å². The number of fused-ring (bicyclic) bond motifs is 3. The van der Waals surface area contributed by atoms with Crippen LogP contribution in [0.5, 0.6) is 0 Å². The average molecular weight is 497 g/mol. The van der Waals surface area contributed by atoms with Gasteiger partial charge in [-0.1, -0.05) is 16.5 Å². The first-order chi connectivity index (χ1) is 17.7. The van der Waals surface area contributed by atoms with Crippen molar-refractivity contribution >= 4 is 33.4 Å². The molecule has 0 aliphatic carbocycles. The minimum absolute atomic E-state index is 0.509. The molecule has 0 aromatic carbocycles. The van der Waals surface area contributed by atoms with Crippen LogP contribution in [-0.2, 0) is 0 Å². The zero-order valence-corrected chi connectivity index (χ0v) is 19.8. The molecule has 2 fully saturated rings. The first kappa shape index (κ1) is 21.0. The van der Waals surface area contributed by atoms with E-state index < -0.39 is 0 Å². The summed E-state index contributed by atoms with van der Waals surface area (Å²) in [6.07, 6.45) is 8.94. The summed E-state index contributed by atoms with van der Waals surface area (Å²) in [5.41, 5.74) is 5.21. The Morgan fingerprint density at radius 3 is 2.81 bits per heavy atom. The van der Waals surface area contributed by atoms with E-state index in [9.17, 15) is 5.26 Å². The van der Waals surface area contributed by atoms with E-state index >= 15 is 0 Å². The van der Waals surface area contributed by atoms with Crippen LogP contribution in [0.2, 0.25) is 0 Å². The maximum absolute atomic E-state index is 9.18. The fourth-order valence-electron chi connectivity index (χ4n) is 4.95. The predicted octanol–water partition coefficient (Wildman–Crippen LogP) is 3.46. The van der Waals surface area contributed by atoms with Gasteiger partial charge in [-0.3, -0.25) is 4.98 Å². The second kappa shape index (κ2) is 8.40. The molecular formula is C24H20N10OS. The highest BCUT2D eigenvalue weighted by Gasteiger charge is 2.33. The van der Waals surface area contributed by atoms with Gasteiger partial charge in [-0.25, -0.2) is 4.52 Å². The Hall–Kier alpha value is -4.34. The normalized spacial score (nSPS) is 19.0. The number of hydrogen-bond donors (Lipinski definition) is 2. The van der Waals surface area contributed by atoms with E-state index in [1.165, 1.54) is 12.8 Å². The van der Waals surface area contributed by atoms with Gasteiger partial charge in [-0.05, 0) is 37.1 Å². The number of aromatic nitrogens is 6. The molecule has 2 unspecified atom stereocenters. The molecule has 0 radical (unpaired) electrons. The fraction of sp³-hybridized carbons (Fsp3) is 0.250. The van der Waals surface area contributed by atoms with Gasteiger partial charge in [-0.15, -0.1) is 10.2 Å². The number of nitrogens with zero attached hydrogens (tertiary/aromatic N) is 8. The number of nitrogens with one attached hydrogen (secondary N) is 2. The Kier molecular flexibility index (Phi) is 4.90. The Balaban J connectivity index is 1.27. The number of hydrogen-bond acceptors (Lipinski definition) is 11. The second-order valence-electron chi connectivity index (χ2n) is 9.00. The van der Waals surface area contributed by atoms with Crippen LogP contribution in [0, 0.1) is 11.3 Å². The zero-order valence-electron chi connectivity index (χ0n) is 19.0. The topological polar surface area (TPSA) is 133 Å². The van der Waals surface area contributed by atoms with E-state index in [2.05, 4.69) is 42.1 Å². The third kappa shape index (κ3) is 3.65. The molecule has 11 nitrogen and oxygen atoms in total. The lowest BCUT2D eigenvalue weighted by Crippen LogP contribution is -2.51. The highest BCUT2D eigenvalue weighted by molar-refractivity contribution is 7.18. The van der Waals surface area contributed by atoms with E-state index in [-0.39, 0.29) is 0 Å². The maximum atomic E-state index is 9.18. The molecule has 2 atom stereocenters. The molecule has 2 saturated heterocycles. The third-order valence-corrected chi connectivity index (χ3v) is 7.66. The second-order valence-corrected chi connectivity index (χ2v) is 9.95. The molecule has 36 heavy (non-hydrogen) atoms. The van der Waals surface area contributed by atoms with Crippen molar-refractivity contribution < 1.29 is 4.52 Å². The summed E-state index contributed by atoms with van der Waals surface area (Å²) in [6, 6.07) is 10.8. The van der Waals surface area contributed by atoms with Crippen molar-refractivity contribution in [3.05, 3.63) is 54.7 Å². The first-order valence-electron chi connectivity index (χ1n) is 11.6. The summed E-state index contributed by atoms with van der Waals surface area (Å²) >= 11 is 1.57. The number of anilines is 3. The van der Waals surface area contributed by atoms with Crippen LogP contribution in [-0.4, -0.2) is 55.1 Å².